The van der Waals surface area contributed by atoms with Gasteiger partial charge in [0.2, 0.25) is 6.41 Å². The van der Waals surface area contributed by atoms with Crippen LogP contribution in [-0.4, -0.2) is 37.5 Å². The molecule has 0 saturated carbocycles. The summed E-state index contributed by atoms with van der Waals surface area (Å²) in [4.78, 5) is 14.6. The van der Waals surface area contributed by atoms with Crippen molar-refractivity contribution in [2.24, 2.45) is 0 Å². The molecule has 80 valence electrons. The average Bonchev–Trinajstić information content (AvgIpc) is 2.30. The van der Waals surface area contributed by atoms with Crippen LogP contribution in [0.3, 0.4) is 0 Å². The van der Waals surface area contributed by atoms with Crippen molar-refractivity contribution in [1.82, 2.24) is 4.90 Å². The van der Waals surface area contributed by atoms with Crippen molar-refractivity contribution in [2.75, 3.05) is 31.1 Å². The minimum absolute atomic E-state index is 0.755. The van der Waals surface area contributed by atoms with Crippen LogP contribution in [0.15, 0.2) is 24.3 Å². The third kappa shape index (κ3) is 2.42. The highest BCUT2D eigenvalue weighted by Gasteiger charge is 2.15. The highest BCUT2D eigenvalue weighted by molar-refractivity contribution is 6.30. The highest BCUT2D eigenvalue weighted by atomic mass is 35.5. The number of amides is 1. The minimum atomic E-state index is 0.755. The van der Waals surface area contributed by atoms with Gasteiger partial charge in [-0.05, 0) is 24.3 Å². The van der Waals surface area contributed by atoms with Crippen LogP contribution in [0.5, 0.6) is 0 Å². The number of hydrogen-bond donors (Lipinski definition) is 0. The van der Waals surface area contributed by atoms with Crippen molar-refractivity contribution < 1.29 is 4.79 Å². The lowest BCUT2D eigenvalue weighted by atomic mass is 10.2. The Morgan fingerprint density at radius 3 is 2.20 bits per heavy atom. The van der Waals surface area contributed by atoms with Gasteiger partial charge in [-0.3, -0.25) is 4.79 Å². The normalized spacial score (nSPS) is 16.6. The quantitative estimate of drug-likeness (QED) is 0.713. The lowest BCUT2D eigenvalue weighted by Crippen LogP contribution is -2.45. The van der Waals surface area contributed by atoms with Crippen LogP contribution in [0.2, 0.25) is 5.02 Å². The van der Waals surface area contributed by atoms with E-state index < -0.39 is 0 Å². The molecule has 1 aliphatic rings. The summed E-state index contributed by atoms with van der Waals surface area (Å²) >= 11 is 5.82. The SMILES string of the molecule is O=CN1CCN(c2ccc(Cl)cc2)CC1. The van der Waals surface area contributed by atoms with Gasteiger partial charge >= 0.3 is 0 Å². The summed E-state index contributed by atoms with van der Waals surface area (Å²) in [7, 11) is 0. The number of anilines is 1. The second kappa shape index (κ2) is 4.53. The van der Waals surface area contributed by atoms with E-state index >= 15 is 0 Å². The van der Waals surface area contributed by atoms with Gasteiger partial charge in [0, 0.05) is 36.9 Å². The van der Waals surface area contributed by atoms with Gasteiger partial charge in [0.05, 0.1) is 0 Å². The zero-order valence-corrected chi connectivity index (χ0v) is 9.15. The maximum absolute atomic E-state index is 10.5. The molecule has 1 amide bonds. The molecule has 0 aliphatic carbocycles. The summed E-state index contributed by atoms with van der Waals surface area (Å²) < 4.78 is 0. The van der Waals surface area contributed by atoms with Gasteiger partial charge in [-0.25, -0.2) is 0 Å². The molecule has 1 heterocycles. The topological polar surface area (TPSA) is 23.6 Å². The molecular weight excluding hydrogens is 212 g/mol. The van der Waals surface area contributed by atoms with E-state index in [0.29, 0.717) is 0 Å². The first-order valence-electron chi connectivity index (χ1n) is 4.99. The van der Waals surface area contributed by atoms with Crippen molar-refractivity contribution >= 4 is 23.7 Å². The Morgan fingerprint density at radius 2 is 1.67 bits per heavy atom. The predicted octanol–water partition coefficient (Wildman–Crippen LogP) is 1.62. The van der Waals surface area contributed by atoms with E-state index in [4.69, 9.17) is 11.6 Å². The van der Waals surface area contributed by atoms with Crippen LogP contribution in [0.1, 0.15) is 0 Å². The first-order chi connectivity index (χ1) is 7.29. The van der Waals surface area contributed by atoms with Crippen LogP contribution in [0, 0.1) is 0 Å². The number of rotatable bonds is 2. The number of benzene rings is 1. The van der Waals surface area contributed by atoms with Crippen molar-refractivity contribution in [2.45, 2.75) is 0 Å². The standard InChI is InChI=1S/C11H13ClN2O/c12-10-1-3-11(4-2-10)14-7-5-13(9-15)6-8-14/h1-4,9H,5-8H2. The number of carbonyl (C=O) groups is 1. The van der Waals surface area contributed by atoms with E-state index in [-0.39, 0.29) is 0 Å². The van der Waals surface area contributed by atoms with E-state index in [0.717, 1.165) is 37.6 Å². The summed E-state index contributed by atoms with van der Waals surface area (Å²) in [5.74, 6) is 0. The smallest absolute Gasteiger partial charge is 0.209 e. The Hall–Kier alpha value is -1.22. The molecule has 3 nitrogen and oxygen atoms in total. The maximum atomic E-state index is 10.5. The Labute approximate surface area is 94.2 Å². The zero-order chi connectivity index (χ0) is 10.7. The summed E-state index contributed by atoms with van der Waals surface area (Å²) in [6, 6.07) is 7.81. The Kier molecular flexibility index (Phi) is 3.11. The molecule has 1 fully saturated rings. The molecule has 1 saturated heterocycles. The highest BCUT2D eigenvalue weighted by Crippen LogP contribution is 2.18. The van der Waals surface area contributed by atoms with Crippen LogP contribution in [0.25, 0.3) is 0 Å². The Balaban J connectivity index is 2.01. The lowest BCUT2D eigenvalue weighted by Gasteiger charge is -2.34. The lowest BCUT2D eigenvalue weighted by molar-refractivity contribution is -0.118. The van der Waals surface area contributed by atoms with E-state index in [1.54, 1.807) is 4.90 Å². The van der Waals surface area contributed by atoms with Gasteiger partial charge in [0.1, 0.15) is 0 Å². The third-order valence-electron chi connectivity index (χ3n) is 2.66. The predicted molar refractivity (Wildman–Crippen MR) is 61.3 cm³/mol. The fraction of sp³-hybridized carbons (Fsp3) is 0.364. The average molecular weight is 225 g/mol. The van der Waals surface area contributed by atoms with Crippen LogP contribution in [0.4, 0.5) is 5.69 Å². The molecule has 0 aromatic heterocycles. The first kappa shape index (κ1) is 10.3. The summed E-state index contributed by atoms with van der Waals surface area (Å²) in [6.45, 7) is 3.37. The molecule has 0 radical (unpaired) electrons. The van der Waals surface area contributed by atoms with Gasteiger partial charge in [0.15, 0.2) is 0 Å². The van der Waals surface area contributed by atoms with Crippen LogP contribution < -0.4 is 4.90 Å². The van der Waals surface area contributed by atoms with Gasteiger partial charge in [-0.15, -0.1) is 0 Å². The van der Waals surface area contributed by atoms with E-state index in [9.17, 15) is 4.79 Å². The van der Waals surface area contributed by atoms with E-state index in [2.05, 4.69) is 4.90 Å². The summed E-state index contributed by atoms with van der Waals surface area (Å²) in [5, 5.41) is 0.755. The molecule has 1 aromatic carbocycles. The second-order valence-electron chi connectivity index (χ2n) is 3.60. The zero-order valence-electron chi connectivity index (χ0n) is 8.40. The first-order valence-corrected chi connectivity index (χ1v) is 5.37. The largest absolute Gasteiger partial charge is 0.368 e. The summed E-state index contributed by atoms with van der Waals surface area (Å²) in [5.41, 5.74) is 1.17. The molecule has 1 aromatic rings. The van der Waals surface area contributed by atoms with Crippen molar-refractivity contribution in [1.29, 1.82) is 0 Å². The van der Waals surface area contributed by atoms with Crippen LogP contribution >= 0.6 is 11.6 Å². The van der Waals surface area contributed by atoms with Crippen LogP contribution in [-0.2, 0) is 4.79 Å². The molecular formula is C11H13ClN2O. The summed E-state index contributed by atoms with van der Waals surface area (Å²) in [6.07, 6.45) is 0.916. The minimum Gasteiger partial charge on any atom is -0.368 e. The fourth-order valence-corrected chi connectivity index (χ4v) is 1.86. The van der Waals surface area contributed by atoms with Crippen molar-refractivity contribution in [3.05, 3.63) is 29.3 Å². The maximum Gasteiger partial charge on any atom is 0.209 e. The Bertz CT molecular complexity index is 331. The van der Waals surface area contributed by atoms with E-state index in [1.165, 1.54) is 5.69 Å². The number of nitrogens with zero attached hydrogens (tertiary/aromatic N) is 2. The molecule has 2 rings (SSSR count). The van der Waals surface area contributed by atoms with E-state index in [1.807, 2.05) is 24.3 Å². The number of hydrogen-bond acceptors (Lipinski definition) is 2. The molecule has 0 N–H and O–H groups in total. The number of halogens is 1. The van der Waals surface area contributed by atoms with Crippen molar-refractivity contribution in [3.63, 3.8) is 0 Å². The molecule has 15 heavy (non-hydrogen) atoms. The molecule has 1 aliphatic heterocycles. The van der Waals surface area contributed by atoms with Gasteiger partial charge in [0.25, 0.3) is 0 Å². The molecule has 0 bridgehead atoms. The van der Waals surface area contributed by atoms with Crippen molar-refractivity contribution in [3.8, 4) is 0 Å². The van der Waals surface area contributed by atoms with Gasteiger partial charge in [-0.1, -0.05) is 11.6 Å². The molecule has 0 spiro atoms. The number of carbonyl (C=O) groups excluding carboxylic acids is 1. The Morgan fingerprint density at radius 1 is 1.07 bits per heavy atom. The van der Waals surface area contributed by atoms with Gasteiger partial charge < -0.3 is 9.80 Å². The van der Waals surface area contributed by atoms with Gasteiger partial charge in [-0.2, -0.15) is 0 Å². The number of piperazine rings is 1. The third-order valence-corrected chi connectivity index (χ3v) is 2.91. The molecule has 4 heteroatoms. The molecule has 0 unspecified atom stereocenters. The fourth-order valence-electron chi connectivity index (χ4n) is 1.74. The molecule has 0 atom stereocenters. The second-order valence-corrected chi connectivity index (χ2v) is 4.04. The monoisotopic (exact) mass is 224 g/mol.